The van der Waals surface area contributed by atoms with Gasteiger partial charge in [0.05, 0.1) is 11.1 Å². The van der Waals surface area contributed by atoms with Crippen molar-refractivity contribution in [3.63, 3.8) is 0 Å². The van der Waals surface area contributed by atoms with Crippen molar-refractivity contribution in [2.45, 2.75) is 25.4 Å². The molecule has 112 valence electrons. The van der Waals surface area contributed by atoms with Crippen LogP contribution in [0.5, 0.6) is 0 Å². The molecule has 1 aromatic carbocycles. The number of aromatic nitrogens is 1. The smallest absolute Gasteiger partial charge is 0.269 e. The zero-order valence-corrected chi connectivity index (χ0v) is 12.8. The Bertz CT molecular complexity index is 684. The topological polar surface area (TPSA) is 65.1 Å². The molecule has 0 saturated heterocycles. The number of H-pyrrole nitrogens is 1. The van der Waals surface area contributed by atoms with Gasteiger partial charge in [0.1, 0.15) is 5.69 Å². The Labute approximate surface area is 132 Å². The number of benzene rings is 1. The fraction of sp³-hybridized carbons (Fsp3) is 0.400. The molecule has 21 heavy (non-hydrogen) atoms. The highest BCUT2D eigenvalue weighted by Gasteiger charge is 2.26. The highest BCUT2D eigenvalue weighted by Crippen LogP contribution is 2.30. The number of aliphatic hydroxyl groups excluding tert-OH is 1. The van der Waals surface area contributed by atoms with Crippen molar-refractivity contribution in [2.75, 3.05) is 6.54 Å². The third kappa shape index (κ3) is 2.89. The van der Waals surface area contributed by atoms with Crippen LogP contribution >= 0.6 is 23.2 Å². The first-order valence-electron chi connectivity index (χ1n) is 6.99. The van der Waals surface area contributed by atoms with Crippen molar-refractivity contribution in [3.8, 4) is 0 Å². The number of fused-ring (bicyclic) bond motifs is 1. The lowest BCUT2D eigenvalue weighted by atomic mass is 10.1. The summed E-state index contributed by atoms with van der Waals surface area (Å²) in [6.07, 6.45) is 2.44. The third-order valence-corrected chi connectivity index (χ3v) is 4.70. The summed E-state index contributed by atoms with van der Waals surface area (Å²) in [6, 6.07) is 5.27. The summed E-state index contributed by atoms with van der Waals surface area (Å²) < 4.78 is 0. The second-order valence-corrected chi connectivity index (χ2v) is 6.29. The van der Waals surface area contributed by atoms with Gasteiger partial charge in [0.2, 0.25) is 0 Å². The minimum Gasteiger partial charge on any atom is -0.393 e. The molecule has 2 atom stereocenters. The van der Waals surface area contributed by atoms with Gasteiger partial charge in [-0.05, 0) is 31.0 Å². The van der Waals surface area contributed by atoms with E-state index in [0.29, 0.717) is 22.3 Å². The number of nitrogens with one attached hydrogen (secondary N) is 2. The van der Waals surface area contributed by atoms with E-state index in [-0.39, 0.29) is 17.9 Å². The number of halogens is 2. The van der Waals surface area contributed by atoms with E-state index in [1.165, 1.54) is 0 Å². The Kier molecular flexibility index (Phi) is 4.11. The molecule has 3 rings (SSSR count). The number of aliphatic hydroxyl groups is 1. The largest absolute Gasteiger partial charge is 0.393 e. The number of carbonyl (C=O) groups excluding carboxylic acids is 1. The minimum absolute atomic E-state index is 0.131. The summed E-state index contributed by atoms with van der Waals surface area (Å²) in [6.45, 7) is 0.465. The average Bonchev–Trinajstić information content (AvgIpc) is 3.01. The van der Waals surface area contributed by atoms with Crippen LogP contribution in [0.2, 0.25) is 10.0 Å². The minimum atomic E-state index is -0.317. The molecule has 0 bridgehead atoms. The first kappa shape index (κ1) is 14.7. The molecule has 1 aliphatic carbocycles. The van der Waals surface area contributed by atoms with Gasteiger partial charge in [0.25, 0.3) is 5.91 Å². The van der Waals surface area contributed by atoms with Crippen LogP contribution in [0.4, 0.5) is 0 Å². The first-order valence-corrected chi connectivity index (χ1v) is 7.75. The lowest BCUT2D eigenvalue weighted by Crippen LogP contribution is -2.32. The Morgan fingerprint density at radius 1 is 1.38 bits per heavy atom. The molecular formula is C15H16Cl2N2O2. The van der Waals surface area contributed by atoms with Gasteiger partial charge in [0, 0.05) is 28.4 Å². The highest BCUT2D eigenvalue weighted by atomic mass is 35.5. The van der Waals surface area contributed by atoms with Gasteiger partial charge >= 0.3 is 0 Å². The summed E-state index contributed by atoms with van der Waals surface area (Å²) >= 11 is 12.2. The van der Waals surface area contributed by atoms with E-state index in [1.54, 1.807) is 18.2 Å². The quantitative estimate of drug-likeness (QED) is 0.809. The van der Waals surface area contributed by atoms with Gasteiger partial charge in [0.15, 0.2) is 0 Å². The maximum absolute atomic E-state index is 12.2. The zero-order valence-electron chi connectivity index (χ0n) is 11.3. The highest BCUT2D eigenvalue weighted by molar-refractivity contribution is 6.39. The number of carbonyl (C=O) groups is 1. The molecule has 1 fully saturated rings. The molecule has 2 unspecified atom stereocenters. The van der Waals surface area contributed by atoms with Crippen LogP contribution in [0.25, 0.3) is 10.9 Å². The maximum atomic E-state index is 12.2. The van der Waals surface area contributed by atoms with Crippen LogP contribution in [0.1, 0.15) is 29.8 Å². The van der Waals surface area contributed by atoms with Gasteiger partial charge < -0.3 is 15.4 Å². The van der Waals surface area contributed by atoms with Gasteiger partial charge in [-0.3, -0.25) is 4.79 Å². The molecule has 2 aromatic rings. The summed E-state index contributed by atoms with van der Waals surface area (Å²) in [7, 11) is 0. The van der Waals surface area contributed by atoms with E-state index in [9.17, 15) is 9.90 Å². The van der Waals surface area contributed by atoms with Gasteiger partial charge in [-0.2, -0.15) is 0 Å². The van der Waals surface area contributed by atoms with Crippen molar-refractivity contribution < 1.29 is 9.90 Å². The molecule has 4 nitrogen and oxygen atoms in total. The van der Waals surface area contributed by atoms with Gasteiger partial charge in [-0.15, -0.1) is 0 Å². The van der Waals surface area contributed by atoms with Crippen LogP contribution < -0.4 is 5.32 Å². The molecule has 1 amide bonds. The van der Waals surface area contributed by atoms with E-state index < -0.39 is 0 Å². The number of hydrogen-bond donors (Lipinski definition) is 3. The molecule has 3 N–H and O–H groups in total. The zero-order chi connectivity index (χ0) is 15.0. The SMILES string of the molecule is O=C(NCC1CCCC1O)c1[nH]c2ccc(Cl)cc2c1Cl. The fourth-order valence-corrected chi connectivity index (χ4v) is 3.32. The van der Waals surface area contributed by atoms with Crippen LogP contribution in [0.3, 0.4) is 0 Å². The van der Waals surface area contributed by atoms with Crippen LogP contribution in [-0.4, -0.2) is 28.6 Å². The van der Waals surface area contributed by atoms with Crippen molar-refractivity contribution >= 4 is 40.0 Å². The summed E-state index contributed by atoms with van der Waals surface area (Å²) in [4.78, 5) is 15.3. The molecule has 1 aliphatic rings. The van der Waals surface area contributed by atoms with E-state index in [4.69, 9.17) is 23.2 Å². The summed E-state index contributed by atoms with van der Waals surface area (Å²) in [5, 5.41) is 14.3. The Morgan fingerprint density at radius 3 is 2.90 bits per heavy atom. The Morgan fingerprint density at radius 2 is 2.19 bits per heavy atom. The molecule has 0 aliphatic heterocycles. The molecule has 1 saturated carbocycles. The summed E-state index contributed by atoms with van der Waals surface area (Å²) in [5.41, 5.74) is 1.11. The first-order chi connectivity index (χ1) is 10.1. The van der Waals surface area contributed by atoms with Gasteiger partial charge in [-0.1, -0.05) is 29.6 Å². The predicted molar refractivity (Wildman–Crippen MR) is 84.0 cm³/mol. The van der Waals surface area contributed by atoms with Gasteiger partial charge in [-0.25, -0.2) is 0 Å². The van der Waals surface area contributed by atoms with E-state index in [1.807, 2.05) is 0 Å². The van der Waals surface area contributed by atoms with E-state index in [2.05, 4.69) is 10.3 Å². The number of aromatic amines is 1. The third-order valence-electron chi connectivity index (χ3n) is 4.07. The van der Waals surface area contributed by atoms with Crippen molar-refractivity contribution in [1.29, 1.82) is 0 Å². The normalized spacial score (nSPS) is 21.9. The molecule has 1 aromatic heterocycles. The Balaban J connectivity index is 1.76. The summed E-state index contributed by atoms with van der Waals surface area (Å²) in [5.74, 6) is -0.127. The molecule has 0 spiro atoms. The molecule has 6 heteroatoms. The molecule has 0 radical (unpaired) electrons. The van der Waals surface area contributed by atoms with E-state index in [0.717, 1.165) is 30.2 Å². The second kappa shape index (κ2) is 5.87. The van der Waals surface area contributed by atoms with E-state index >= 15 is 0 Å². The monoisotopic (exact) mass is 326 g/mol. The lowest BCUT2D eigenvalue weighted by molar-refractivity contribution is 0.0913. The van der Waals surface area contributed by atoms with Crippen molar-refractivity contribution in [1.82, 2.24) is 10.3 Å². The average molecular weight is 327 g/mol. The Hall–Kier alpha value is -1.23. The number of amides is 1. The van der Waals surface area contributed by atoms with Crippen molar-refractivity contribution in [2.24, 2.45) is 5.92 Å². The molecule has 1 heterocycles. The predicted octanol–water partition coefficient (Wildman–Crippen LogP) is 3.37. The fourth-order valence-electron chi connectivity index (χ4n) is 2.86. The van der Waals surface area contributed by atoms with Crippen molar-refractivity contribution in [3.05, 3.63) is 33.9 Å². The number of rotatable bonds is 3. The standard InChI is InChI=1S/C15H16Cl2N2O2/c16-9-4-5-11-10(6-9)13(17)14(19-11)15(21)18-7-8-2-1-3-12(8)20/h4-6,8,12,19-20H,1-3,7H2,(H,18,21). The lowest BCUT2D eigenvalue weighted by Gasteiger charge is -2.14. The van der Waals surface area contributed by atoms with Crippen LogP contribution in [0.15, 0.2) is 18.2 Å². The van der Waals surface area contributed by atoms with Crippen LogP contribution in [-0.2, 0) is 0 Å². The number of hydrogen-bond acceptors (Lipinski definition) is 2. The van der Waals surface area contributed by atoms with Crippen LogP contribution in [0, 0.1) is 5.92 Å². The molecular weight excluding hydrogens is 311 g/mol. The second-order valence-electron chi connectivity index (χ2n) is 5.47. The maximum Gasteiger partial charge on any atom is 0.269 e.